The molecule has 0 saturated carbocycles. The molecule has 0 saturated heterocycles. The summed E-state index contributed by atoms with van der Waals surface area (Å²) in [5.41, 5.74) is -1.65. The van der Waals surface area contributed by atoms with Crippen LogP contribution in [0, 0.1) is 12.7 Å². The lowest BCUT2D eigenvalue weighted by atomic mass is 10.0. The van der Waals surface area contributed by atoms with Crippen LogP contribution in [0.15, 0.2) is 34.7 Å². The maximum Gasteiger partial charge on any atom is 0.255 e. The molecule has 6 heteroatoms. The molecule has 0 bridgehead atoms. The van der Waals surface area contributed by atoms with Gasteiger partial charge in [0, 0.05) is 0 Å². The first-order valence-electron chi connectivity index (χ1n) is 6.33. The van der Waals surface area contributed by atoms with Crippen LogP contribution in [0.25, 0.3) is 0 Å². The smallest absolute Gasteiger partial charge is 0.255 e. The molecule has 21 heavy (non-hydrogen) atoms. The fourth-order valence-corrected chi connectivity index (χ4v) is 2.12. The van der Waals surface area contributed by atoms with Crippen LogP contribution in [0.2, 0.25) is 5.02 Å². The van der Waals surface area contributed by atoms with Gasteiger partial charge in [0.05, 0.1) is 17.1 Å². The average molecular weight is 312 g/mol. The number of nitrogens with one attached hydrogen (secondary N) is 1. The van der Waals surface area contributed by atoms with Gasteiger partial charge >= 0.3 is 0 Å². The van der Waals surface area contributed by atoms with E-state index in [-0.39, 0.29) is 17.1 Å². The molecular formula is C15H15ClFNO3. The van der Waals surface area contributed by atoms with E-state index >= 15 is 0 Å². The van der Waals surface area contributed by atoms with E-state index in [0.29, 0.717) is 11.5 Å². The number of aliphatic hydroxyl groups is 1. The molecular weight excluding hydrogens is 297 g/mol. The number of hydrogen-bond acceptors (Lipinski definition) is 3. The number of furan rings is 1. The number of hydrogen-bond donors (Lipinski definition) is 2. The summed E-state index contributed by atoms with van der Waals surface area (Å²) < 4.78 is 19.0. The molecule has 1 amide bonds. The van der Waals surface area contributed by atoms with E-state index in [2.05, 4.69) is 5.32 Å². The molecule has 2 rings (SSSR count). The van der Waals surface area contributed by atoms with Gasteiger partial charge in [0.2, 0.25) is 0 Å². The van der Waals surface area contributed by atoms with E-state index in [1.54, 1.807) is 19.1 Å². The second kappa shape index (κ2) is 5.87. The summed E-state index contributed by atoms with van der Waals surface area (Å²) in [5, 5.41) is 12.8. The van der Waals surface area contributed by atoms with Crippen molar-refractivity contribution in [2.45, 2.75) is 19.4 Å². The monoisotopic (exact) mass is 311 g/mol. The molecule has 1 aromatic carbocycles. The van der Waals surface area contributed by atoms with Crippen molar-refractivity contribution < 1.29 is 18.7 Å². The highest BCUT2D eigenvalue weighted by Gasteiger charge is 2.28. The first kappa shape index (κ1) is 15.5. The zero-order valence-corrected chi connectivity index (χ0v) is 12.4. The van der Waals surface area contributed by atoms with Crippen molar-refractivity contribution in [2.24, 2.45) is 0 Å². The van der Waals surface area contributed by atoms with Crippen molar-refractivity contribution in [3.8, 4) is 0 Å². The van der Waals surface area contributed by atoms with E-state index in [1.807, 2.05) is 0 Å². The summed E-state index contributed by atoms with van der Waals surface area (Å²) in [6.07, 6.45) is 0. The van der Waals surface area contributed by atoms with Gasteiger partial charge < -0.3 is 14.8 Å². The van der Waals surface area contributed by atoms with Gasteiger partial charge in [0.1, 0.15) is 22.9 Å². The minimum Gasteiger partial charge on any atom is -0.463 e. The Balaban J connectivity index is 2.11. The molecule has 0 aliphatic heterocycles. The van der Waals surface area contributed by atoms with Crippen LogP contribution in [0.5, 0.6) is 0 Å². The van der Waals surface area contributed by atoms with Gasteiger partial charge in [-0.25, -0.2) is 4.39 Å². The maximum atomic E-state index is 13.6. The highest BCUT2D eigenvalue weighted by atomic mass is 35.5. The van der Waals surface area contributed by atoms with Gasteiger partial charge in [-0.1, -0.05) is 17.7 Å². The fraction of sp³-hybridized carbons (Fsp3) is 0.267. The van der Waals surface area contributed by atoms with Crippen LogP contribution >= 0.6 is 11.6 Å². The third-order valence-electron chi connectivity index (χ3n) is 3.05. The summed E-state index contributed by atoms with van der Waals surface area (Å²) in [5.74, 6) is -0.441. The Morgan fingerprint density at radius 2 is 2.14 bits per heavy atom. The van der Waals surface area contributed by atoms with E-state index in [4.69, 9.17) is 16.0 Å². The van der Waals surface area contributed by atoms with Crippen LogP contribution in [-0.4, -0.2) is 17.6 Å². The number of amides is 1. The zero-order valence-electron chi connectivity index (χ0n) is 11.6. The number of rotatable bonds is 4. The van der Waals surface area contributed by atoms with Crippen molar-refractivity contribution >= 4 is 17.5 Å². The Morgan fingerprint density at radius 3 is 2.71 bits per heavy atom. The summed E-state index contributed by atoms with van der Waals surface area (Å²) in [6, 6.07) is 7.32. The van der Waals surface area contributed by atoms with E-state index in [1.165, 1.54) is 19.1 Å². The molecule has 1 heterocycles. The number of carbonyl (C=O) groups is 1. The summed E-state index contributed by atoms with van der Waals surface area (Å²) in [4.78, 5) is 12.0. The predicted octanol–water partition coefficient (Wildman–Crippen LogP) is 3.02. The number of aryl methyl sites for hydroxylation is 1. The highest BCUT2D eigenvalue weighted by molar-refractivity contribution is 6.33. The summed E-state index contributed by atoms with van der Waals surface area (Å²) in [6.45, 7) is 3.11. The Morgan fingerprint density at radius 1 is 1.43 bits per heavy atom. The van der Waals surface area contributed by atoms with Crippen LogP contribution < -0.4 is 5.32 Å². The first-order valence-corrected chi connectivity index (χ1v) is 6.70. The molecule has 2 N–H and O–H groups in total. The molecule has 0 aliphatic carbocycles. The summed E-state index contributed by atoms with van der Waals surface area (Å²) in [7, 11) is 0. The van der Waals surface area contributed by atoms with E-state index < -0.39 is 17.3 Å². The van der Waals surface area contributed by atoms with Crippen LogP contribution in [-0.2, 0) is 5.60 Å². The second-order valence-corrected chi connectivity index (χ2v) is 5.37. The minimum atomic E-state index is -1.40. The molecule has 0 radical (unpaired) electrons. The number of halogens is 2. The average Bonchev–Trinajstić information content (AvgIpc) is 2.84. The molecule has 2 aromatic rings. The summed E-state index contributed by atoms with van der Waals surface area (Å²) >= 11 is 5.81. The molecule has 4 nitrogen and oxygen atoms in total. The van der Waals surface area contributed by atoms with Gasteiger partial charge in [-0.15, -0.1) is 0 Å². The third-order valence-corrected chi connectivity index (χ3v) is 3.37. The lowest BCUT2D eigenvalue weighted by molar-refractivity contribution is 0.0323. The Kier molecular flexibility index (Phi) is 4.34. The van der Waals surface area contributed by atoms with Gasteiger partial charge in [-0.05, 0) is 38.1 Å². The number of benzene rings is 1. The van der Waals surface area contributed by atoms with Gasteiger partial charge in [-0.2, -0.15) is 0 Å². The van der Waals surface area contributed by atoms with Crippen LogP contribution in [0.4, 0.5) is 4.39 Å². The van der Waals surface area contributed by atoms with Crippen molar-refractivity contribution in [1.82, 2.24) is 5.32 Å². The Bertz CT molecular complexity index is 646. The zero-order chi connectivity index (χ0) is 15.6. The predicted molar refractivity (Wildman–Crippen MR) is 76.8 cm³/mol. The molecule has 0 aliphatic rings. The lowest BCUT2D eigenvalue weighted by Crippen LogP contribution is -2.38. The molecule has 0 fully saturated rings. The second-order valence-electron chi connectivity index (χ2n) is 4.96. The third kappa shape index (κ3) is 3.43. The SMILES string of the molecule is Cc1ccc(C(C)(O)CNC(=O)c2c(F)cccc2Cl)o1. The number of carbonyl (C=O) groups excluding carboxylic acids is 1. The fourth-order valence-electron chi connectivity index (χ4n) is 1.87. The highest BCUT2D eigenvalue weighted by Crippen LogP contribution is 2.23. The van der Waals surface area contributed by atoms with Gasteiger partial charge in [-0.3, -0.25) is 4.79 Å². The lowest BCUT2D eigenvalue weighted by Gasteiger charge is -2.21. The maximum absolute atomic E-state index is 13.6. The molecule has 0 spiro atoms. The van der Waals surface area contributed by atoms with Gasteiger partial charge in [0.25, 0.3) is 5.91 Å². The van der Waals surface area contributed by atoms with E-state index in [0.717, 1.165) is 6.07 Å². The molecule has 1 atom stereocenters. The van der Waals surface area contributed by atoms with Crippen LogP contribution in [0.3, 0.4) is 0 Å². The van der Waals surface area contributed by atoms with Crippen molar-refractivity contribution in [1.29, 1.82) is 0 Å². The quantitative estimate of drug-likeness (QED) is 0.912. The molecule has 112 valence electrons. The normalized spacial score (nSPS) is 13.8. The molecule has 1 unspecified atom stereocenters. The topological polar surface area (TPSA) is 62.5 Å². The molecule has 1 aromatic heterocycles. The van der Waals surface area contributed by atoms with Crippen molar-refractivity contribution in [2.75, 3.05) is 6.54 Å². The largest absolute Gasteiger partial charge is 0.463 e. The Hall–Kier alpha value is -1.85. The Labute approximate surface area is 126 Å². The van der Waals surface area contributed by atoms with Crippen molar-refractivity contribution in [3.05, 3.63) is 58.3 Å². The first-order chi connectivity index (χ1) is 9.81. The minimum absolute atomic E-state index is 0.0148. The van der Waals surface area contributed by atoms with Crippen LogP contribution in [0.1, 0.15) is 28.8 Å². The van der Waals surface area contributed by atoms with Crippen molar-refractivity contribution in [3.63, 3.8) is 0 Å². The van der Waals surface area contributed by atoms with E-state index in [9.17, 15) is 14.3 Å². The standard InChI is InChI=1S/C15H15ClFNO3/c1-9-6-7-12(21-9)15(2,20)8-18-14(19)13-10(16)4-3-5-11(13)17/h3-7,20H,8H2,1-2H3,(H,18,19). The van der Waals surface area contributed by atoms with Gasteiger partial charge in [0.15, 0.2) is 0 Å².